The topological polar surface area (TPSA) is 0 Å². The molecular formula is C7H15FSi. The molecule has 54 valence electrons. The van der Waals surface area contributed by atoms with Gasteiger partial charge in [0.15, 0.2) is 0 Å². The van der Waals surface area contributed by atoms with Gasteiger partial charge in [0.1, 0.15) is 0 Å². The van der Waals surface area contributed by atoms with Gasteiger partial charge < -0.3 is 4.11 Å². The number of hydrogen-bond acceptors (Lipinski definition) is 0. The lowest BCUT2D eigenvalue weighted by atomic mass is 10.4. The van der Waals surface area contributed by atoms with E-state index in [0.29, 0.717) is 6.04 Å². The van der Waals surface area contributed by atoms with Gasteiger partial charge in [0.25, 0.3) is 0 Å². The van der Waals surface area contributed by atoms with Crippen LogP contribution in [0.2, 0.25) is 19.1 Å². The van der Waals surface area contributed by atoms with Gasteiger partial charge in [0, 0.05) is 0 Å². The predicted octanol–water partition coefficient (Wildman–Crippen LogP) is 3.13. The van der Waals surface area contributed by atoms with Crippen LogP contribution in [0.5, 0.6) is 0 Å². The monoisotopic (exact) mass is 146 g/mol. The fourth-order valence-electron chi connectivity index (χ4n) is 0.530. The highest BCUT2D eigenvalue weighted by Crippen LogP contribution is 2.10. The SMILES string of the molecule is CCC=CC[Si](C)(C)F. The first-order chi connectivity index (χ1) is 4.06. The lowest BCUT2D eigenvalue weighted by Crippen LogP contribution is -2.15. The second-order valence-electron chi connectivity index (χ2n) is 2.80. The predicted molar refractivity (Wildman–Crippen MR) is 42.8 cm³/mol. The molecule has 0 spiro atoms. The van der Waals surface area contributed by atoms with Crippen molar-refractivity contribution in [1.29, 1.82) is 0 Å². The molecule has 0 nitrogen and oxygen atoms in total. The summed E-state index contributed by atoms with van der Waals surface area (Å²) in [6.07, 6.45) is 4.99. The van der Waals surface area contributed by atoms with Crippen LogP contribution in [0.25, 0.3) is 0 Å². The molecule has 0 aromatic carbocycles. The zero-order valence-corrected chi connectivity index (χ0v) is 7.45. The summed E-state index contributed by atoms with van der Waals surface area (Å²) in [6.45, 7) is 5.52. The molecular weight excluding hydrogens is 131 g/mol. The van der Waals surface area contributed by atoms with E-state index in [2.05, 4.69) is 6.92 Å². The average Bonchev–Trinajstić information content (AvgIpc) is 1.63. The molecule has 0 atom stereocenters. The summed E-state index contributed by atoms with van der Waals surface area (Å²) in [5.41, 5.74) is 0. The van der Waals surface area contributed by atoms with Gasteiger partial charge in [-0.1, -0.05) is 19.1 Å². The third-order valence-electron chi connectivity index (χ3n) is 1.01. The molecule has 0 aliphatic carbocycles. The minimum Gasteiger partial charge on any atom is -0.314 e. The molecule has 0 bridgehead atoms. The van der Waals surface area contributed by atoms with Crippen LogP contribution in [0.3, 0.4) is 0 Å². The van der Waals surface area contributed by atoms with Gasteiger partial charge in [0.2, 0.25) is 8.41 Å². The Morgan fingerprint density at radius 3 is 2.22 bits per heavy atom. The summed E-state index contributed by atoms with van der Waals surface area (Å²) in [5, 5.41) is 0. The maximum absolute atomic E-state index is 12.8. The lowest BCUT2D eigenvalue weighted by Gasteiger charge is -2.04. The van der Waals surface area contributed by atoms with E-state index in [1.54, 1.807) is 13.1 Å². The van der Waals surface area contributed by atoms with Crippen LogP contribution >= 0.6 is 0 Å². The molecule has 0 N–H and O–H groups in total. The van der Waals surface area contributed by atoms with Crippen LogP contribution in [-0.4, -0.2) is 8.41 Å². The van der Waals surface area contributed by atoms with Crippen molar-refractivity contribution in [3.8, 4) is 0 Å². The van der Waals surface area contributed by atoms with Gasteiger partial charge in [-0.25, -0.2) is 0 Å². The van der Waals surface area contributed by atoms with Crippen molar-refractivity contribution < 1.29 is 4.11 Å². The molecule has 0 aromatic rings. The molecule has 0 aliphatic rings. The number of rotatable bonds is 3. The molecule has 9 heavy (non-hydrogen) atoms. The van der Waals surface area contributed by atoms with Crippen molar-refractivity contribution >= 4 is 8.41 Å². The Morgan fingerprint density at radius 2 is 1.89 bits per heavy atom. The Hall–Kier alpha value is -0.113. The van der Waals surface area contributed by atoms with Crippen LogP contribution in [0.4, 0.5) is 4.11 Å². The summed E-state index contributed by atoms with van der Waals surface area (Å²) in [6, 6.07) is 0.668. The fraction of sp³-hybridized carbons (Fsp3) is 0.714. The van der Waals surface area contributed by atoms with Crippen molar-refractivity contribution in [2.75, 3.05) is 0 Å². The van der Waals surface area contributed by atoms with E-state index in [0.717, 1.165) is 6.42 Å². The van der Waals surface area contributed by atoms with E-state index in [1.165, 1.54) is 0 Å². The van der Waals surface area contributed by atoms with Crippen LogP contribution in [0.1, 0.15) is 13.3 Å². The number of hydrogen-bond donors (Lipinski definition) is 0. The molecule has 0 amide bonds. The fourth-order valence-corrected chi connectivity index (χ4v) is 1.26. The molecule has 0 radical (unpaired) electrons. The first-order valence-corrected chi connectivity index (χ1v) is 6.48. The maximum Gasteiger partial charge on any atom is 0.244 e. The van der Waals surface area contributed by atoms with E-state index >= 15 is 0 Å². The Labute approximate surface area is 58.0 Å². The quantitative estimate of drug-likeness (QED) is 0.326. The number of allylic oxidation sites excluding steroid dienone is 2. The van der Waals surface area contributed by atoms with Crippen molar-refractivity contribution in [3.63, 3.8) is 0 Å². The summed E-state index contributed by atoms with van der Waals surface area (Å²) < 4.78 is 12.8. The van der Waals surface area contributed by atoms with Crippen molar-refractivity contribution in [1.82, 2.24) is 0 Å². The van der Waals surface area contributed by atoms with E-state index in [4.69, 9.17) is 0 Å². The first kappa shape index (κ1) is 8.89. The average molecular weight is 146 g/mol. The van der Waals surface area contributed by atoms with Gasteiger partial charge in [0.05, 0.1) is 0 Å². The minimum absolute atomic E-state index is 0.668. The summed E-state index contributed by atoms with van der Waals surface area (Å²) in [4.78, 5) is 0. The summed E-state index contributed by atoms with van der Waals surface area (Å²) in [5.74, 6) is 0. The van der Waals surface area contributed by atoms with Crippen molar-refractivity contribution in [2.24, 2.45) is 0 Å². The normalized spacial score (nSPS) is 12.9. The Morgan fingerprint density at radius 1 is 1.33 bits per heavy atom. The van der Waals surface area contributed by atoms with Crippen molar-refractivity contribution in [3.05, 3.63) is 12.2 Å². The summed E-state index contributed by atoms with van der Waals surface area (Å²) in [7, 11) is -2.28. The molecule has 0 saturated carbocycles. The van der Waals surface area contributed by atoms with Gasteiger partial charge >= 0.3 is 0 Å². The molecule has 0 aliphatic heterocycles. The summed E-state index contributed by atoms with van der Waals surface area (Å²) >= 11 is 0. The zero-order valence-electron chi connectivity index (χ0n) is 6.45. The van der Waals surface area contributed by atoms with E-state index in [1.807, 2.05) is 12.2 Å². The van der Waals surface area contributed by atoms with Crippen LogP contribution in [0.15, 0.2) is 12.2 Å². The Balaban J connectivity index is 3.38. The highest BCUT2D eigenvalue weighted by atomic mass is 28.4. The standard InChI is InChI=1S/C7H15FSi/c1-4-5-6-7-9(2,3)8/h5-6H,4,7H2,1-3H3. The molecule has 0 rings (SSSR count). The smallest absolute Gasteiger partial charge is 0.244 e. The molecule has 2 heteroatoms. The van der Waals surface area contributed by atoms with Gasteiger partial charge in [-0.05, 0) is 25.6 Å². The van der Waals surface area contributed by atoms with Crippen LogP contribution in [-0.2, 0) is 0 Å². The largest absolute Gasteiger partial charge is 0.314 e. The second kappa shape index (κ2) is 3.83. The molecule has 0 saturated heterocycles. The van der Waals surface area contributed by atoms with E-state index in [-0.39, 0.29) is 0 Å². The highest BCUT2D eigenvalue weighted by molar-refractivity contribution is 6.70. The third-order valence-corrected chi connectivity index (χ3v) is 2.21. The Bertz CT molecular complexity index is 91.6. The lowest BCUT2D eigenvalue weighted by molar-refractivity contribution is 0.799. The maximum atomic E-state index is 12.8. The third kappa shape index (κ3) is 7.89. The molecule has 0 fully saturated rings. The van der Waals surface area contributed by atoms with Crippen LogP contribution in [0, 0.1) is 0 Å². The van der Waals surface area contributed by atoms with Crippen LogP contribution < -0.4 is 0 Å². The zero-order chi connectivity index (χ0) is 7.33. The van der Waals surface area contributed by atoms with Gasteiger partial charge in [-0.3, -0.25) is 0 Å². The van der Waals surface area contributed by atoms with Gasteiger partial charge in [-0.2, -0.15) is 0 Å². The first-order valence-electron chi connectivity index (χ1n) is 3.40. The second-order valence-corrected chi connectivity index (χ2v) is 6.65. The molecule has 0 unspecified atom stereocenters. The molecule has 0 heterocycles. The Kier molecular flexibility index (Phi) is 3.78. The van der Waals surface area contributed by atoms with Crippen molar-refractivity contribution in [2.45, 2.75) is 32.5 Å². The van der Waals surface area contributed by atoms with Gasteiger partial charge in [-0.15, -0.1) is 0 Å². The molecule has 0 aromatic heterocycles. The van der Waals surface area contributed by atoms with E-state index < -0.39 is 8.41 Å². The highest BCUT2D eigenvalue weighted by Gasteiger charge is 2.16. The number of halogens is 1. The minimum atomic E-state index is -2.28. The van der Waals surface area contributed by atoms with E-state index in [9.17, 15) is 4.11 Å².